The summed E-state index contributed by atoms with van der Waals surface area (Å²) < 4.78 is 72.0. The van der Waals surface area contributed by atoms with Crippen molar-refractivity contribution in [2.75, 3.05) is 0 Å². The van der Waals surface area contributed by atoms with Gasteiger partial charge in [-0.1, -0.05) is 23.7 Å². The van der Waals surface area contributed by atoms with Crippen LogP contribution in [0.2, 0.25) is 5.02 Å². The van der Waals surface area contributed by atoms with Crippen molar-refractivity contribution in [3.8, 4) is 17.3 Å². The second kappa shape index (κ2) is 9.75. The van der Waals surface area contributed by atoms with Crippen LogP contribution in [-0.4, -0.2) is 15.5 Å². The first-order valence-corrected chi connectivity index (χ1v) is 10.4. The van der Waals surface area contributed by atoms with Gasteiger partial charge < -0.3 is 10.1 Å². The molecule has 0 atom stereocenters. The Hall–Kier alpha value is -3.92. The van der Waals surface area contributed by atoms with E-state index in [0.29, 0.717) is 23.6 Å². The molecular formula is C24H15ClF5N3O2. The number of nitrogens with one attached hydrogen (secondary N) is 1. The van der Waals surface area contributed by atoms with E-state index in [9.17, 15) is 26.7 Å². The first kappa shape index (κ1) is 24.2. The Morgan fingerprint density at radius 2 is 1.80 bits per heavy atom. The highest BCUT2D eigenvalue weighted by atomic mass is 35.5. The van der Waals surface area contributed by atoms with Gasteiger partial charge in [-0.05, 0) is 48.0 Å². The van der Waals surface area contributed by atoms with Crippen molar-refractivity contribution in [1.29, 1.82) is 0 Å². The first-order chi connectivity index (χ1) is 16.6. The zero-order valence-electron chi connectivity index (χ0n) is 17.6. The Balaban J connectivity index is 1.42. The minimum absolute atomic E-state index is 0.0238. The van der Waals surface area contributed by atoms with Crippen LogP contribution >= 0.6 is 11.6 Å². The van der Waals surface area contributed by atoms with E-state index in [1.165, 1.54) is 29.0 Å². The largest absolute Gasteiger partial charge is 0.454 e. The molecule has 1 N–H and O–H groups in total. The Labute approximate surface area is 200 Å². The molecule has 2 aromatic carbocycles. The fraction of sp³-hybridized carbons (Fsp3) is 0.0833. The van der Waals surface area contributed by atoms with Gasteiger partial charge in [0.15, 0.2) is 17.4 Å². The summed E-state index contributed by atoms with van der Waals surface area (Å²) in [4.78, 5) is 16.5. The van der Waals surface area contributed by atoms with Gasteiger partial charge in [0.05, 0.1) is 10.6 Å². The molecule has 0 aliphatic rings. The molecule has 0 bridgehead atoms. The maximum Gasteiger partial charge on any atom is 0.417 e. The molecule has 0 unspecified atom stereocenters. The normalized spacial score (nSPS) is 11.4. The number of ether oxygens (including phenoxy) is 1. The lowest BCUT2D eigenvalue weighted by atomic mass is 10.2. The predicted molar refractivity (Wildman–Crippen MR) is 118 cm³/mol. The van der Waals surface area contributed by atoms with E-state index in [2.05, 4.69) is 10.3 Å². The van der Waals surface area contributed by atoms with Crippen LogP contribution in [0.15, 0.2) is 73.1 Å². The molecule has 4 rings (SSSR count). The van der Waals surface area contributed by atoms with Gasteiger partial charge >= 0.3 is 6.18 Å². The fourth-order valence-electron chi connectivity index (χ4n) is 3.15. The number of carbonyl (C=O) groups excluding carboxylic acids is 1. The topological polar surface area (TPSA) is 56.1 Å². The summed E-state index contributed by atoms with van der Waals surface area (Å²) in [5.41, 5.74) is -0.195. The van der Waals surface area contributed by atoms with Crippen molar-refractivity contribution in [3.63, 3.8) is 0 Å². The van der Waals surface area contributed by atoms with Crippen LogP contribution in [0.5, 0.6) is 11.5 Å². The number of pyridine rings is 1. The van der Waals surface area contributed by atoms with Crippen LogP contribution in [0.3, 0.4) is 0 Å². The number of amides is 1. The minimum atomic E-state index is -4.60. The number of aromatic nitrogens is 2. The van der Waals surface area contributed by atoms with Gasteiger partial charge in [-0.2, -0.15) is 13.2 Å². The maximum atomic E-state index is 13.7. The summed E-state index contributed by atoms with van der Waals surface area (Å²) in [5, 5.41) is 2.43. The molecule has 2 aromatic heterocycles. The molecule has 0 saturated heterocycles. The van der Waals surface area contributed by atoms with Crippen molar-refractivity contribution in [3.05, 3.63) is 107 Å². The summed E-state index contributed by atoms with van der Waals surface area (Å²) in [5.74, 6) is -1.92. The van der Waals surface area contributed by atoms with Crippen molar-refractivity contribution >= 4 is 17.5 Å². The summed E-state index contributed by atoms with van der Waals surface area (Å²) >= 11 is 6.00. The number of rotatable bonds is 6. The number of alkyl halides is 3. The quantitative estimate of drug-likeness (QED) is 0.301. The Morgan fingerprint density at radius 1 is 1.06 bits per heavy atom. The van der Waals surface area contributed by atoms with E-state index in [1.807, 2.05) is 0 Å². The van der Waals surface area contributed by atoms with Gasteiger partial charge in [0.1, 0.15) is 17.3 Å². The van der Waals surface area contributed by atoms with Crippen molar-refractivity contribution in [2.24, 2.45) is 0 Å². The van der Waals surface area contributed by atoms with Crippen LogP contribution < -0.4 is 10.1 Å². The Morgan fingerprint density at radius 3 is 2.46 bits per heavy atom. The highest BCUT2D eigenvalue weighted by Gasteiger charge is 2.32. The second-order valence-corrected chi connectivity index (χ2v) is 7.70. The average Bonchev–Trinajstić information content (AvgIpc) is 3.29. The van der Waals surface area contributed by atoms with Crippen LogP contribution in [0.25, 0.3) is 5.82 Å². The Kier molecular flexibility index (Phi) is 6.74. The van der Waals surface area contributed by atoms with Gasteiger partial charge in [0, 0.05) is 25.0 Å². The standard InChI is InChI=1S/C24H15ClF5N3O2/c25-18-10-15(24(28,29)30)13-31-22(18)33-9-1-2-20(33)23(34)32-12-14-3-6-17(7-4-14)35-21-8-5-16(26)11-19(21)27/h1-11,13H,12H2,(H,32,34). The average molecular weight is 508 g/mol. The molecule has 0 saturated carbocycles. The van der Waals surface area contributed by atoms with E-state index >= 15 is 0 Å². The van der Waals surface area contributed by atoms with Gasteiger partial charge in [-0.15, -0.1) is 0 Å². The lowest BCUT2D eigenvalue weighted by molar-refractivity contribution is -0.137. The fourth-order valence-corrected chi connectivity index (χ4v) is 3.40. The van der Waals surface area contributed by atoms with Crippen LogP contribution in [0.1, 0.15) is 21.6 Å². The van der Waals surface area contributed by atoms with E-state index in [1.54, 1.807) is 24.3 Å². The van der Waals surface area contributed by atoms with E-state index in [-0.39, 0.29) is 28.8 Å². The SMILES string of the molecule is O=C(NCc1ccc(Oc2ccc(F)cc2F)cc1)c1cccn1-c1ncc(C(F)(F)F)cc1Cl. The van der Waals surface area contributed by atoms with Crippen molar-refractivity contribution in [1.82, 2.24) is 14.9 Å². The van der Waals surface area contributed by atoms with Crippen LogP contribution in [-0.2, 0) is 12.7 Å². The van der Waals surface area contributed by atoms with Gasteiger partial charge in [-0.25, -0.2) is 13.8 Å². The van der Waals surface area contributed by atoms with Crippen molar-refractivity contribution in [2.45, 2.75) is 12.7 Å². The maximum absolute atomic E-state index is 13.7. The summed E-state index contributed by atoms with van der Waals surface area (Å²) in [6.45, 7) is 0.114. The zero-order chi connectivity index (χ0) is 25.2. The summed E-state index contributed by atoms with van der Waals surface area (Å²) in [7, 11) is 0. The zero-order valence-corrected chi connectivity index (χ0v) is 18.4. The number of hydrogen-bond acceptors (Lipinski definition) is 3. The third-order valence-electron chi connectivity index (χ3n) is 4.86. The molecule has 0 radical (unpaired) electrons. The van der Waals surface area contributed by atoms with E-state index < -0.39 is 29.3 Å². The molecule has 2 heterocycles. The molecule has 0 fully saturated rings. The van der Waals surface area contributed by atoms with E-state index in [4.69, 9.17) is 16.3 Å². The lowest BCUT2D eigenvalue weighted by Gasteiger charge is -2.13. The molecule has 5 nitrogen and oxygen atoms in total. The third kappa shape index (κ3) is 5.60. The Bertz CT molecular complexity index is 1370. The predicted octanol–water partition coefficient (Wildman–Crippen LogP) is 6.55. The monoisotopic (exact) mass is 507 g/mol. The lowest BCUT2D eigenvalue weighted by Crippen LogP contribution is -2.25. The molecule has 35 heavy (non-hydrogen) atoms. The second-order valence-electron chi connectivity index (χ2n) is 7.29. The third-order valence-corrected chi connectivity index (χ3v) is 5.13. The molecular weight excluding hydrogens is 493 g/mol. The van der Waals surface area contributed by atoms with Crippen LogP contribution in [0.4, 0.5) is 22.0 Å². The highest BCUT2D eigenvalue weighted by molar-refractivity contribution is 6.32. The molecule has 0 aliphatic carbocycles. The minimum Gasteiger partial charge on any atom is -0.454 e. The summed E-state index contributed by atoms with van der Waals surface area (Å²) in [6.07, 6.45) is -2.50. The molecule has 11 heteroatoms. The smallest absolute Gasteiger partial charge is 0.417 e. The number of carbonyl (C=O) groups is 1. The number of halogens is 6. The molecule has 1 amide bonds. The summed E-state index contributed by atoms with van der Waals surface area (Å²) in [6, 6.07) is 13.1. The van der Waals surface area contributed by atoms with Gasteiger partial charge in [0.25, 0.3) is 5.91 Å². The molecule has 0 spiro atoms. The van der Waals surface area contributed by atoms with E-state index in [0.717, 1.165) is 12.1 Å². The number of hydrogen-bond donors (Lipinski definition) is 1. The first-order valence-electron chi connectivity index (χ1n) is 10.0. The molecule has 0 aliphatic heterocycles. The molecule has 180 valence electrons. The van der Waals surface area contributed by atoms with Gasteiger partial charge in [-0.3, -0.25) is 9.36 Å². The number of benzene rings is 2. The van der Waals surface area contributed by atoms with Gasteiger partial charge in [0.2, 0.25) is 0 Å². The highest BCUT2D eigenvalue weighted by Crippen LogP contribution is 2.32. The van der Waals surface area contributed by atoms with Crippen molar-refractivity contribution < 1.29 is 31.5 Å². The number of nitrogens with zero attached hydrogens (tertiary/aromatic N) is 2. The molecule has 4 aromatic rings. The van der Waals surface area contributed by atoms with Crippen LogP contribution in [0, 0.1) is 11.6 Å².